The van der Waals surface area contributed by atoms with Crippen LogP contribution in [-0.4, -0.2) is 24.1 Å². The Hall–Kier alpha value is -0.180. The Bertz CT molecular complexity index is 155. The maximum absolute atomic E-state index is 11.0. The summed E-state index contributed by atoms with van der Waals surface area (Å²) in [7, 11) is 1.45. The summed E-state index contributed by atoms with van der Waals surface area (Å²) in [4.78, 5) is 11.0. The minimum absolute atomic E-state index is 0.102. The van der Waals surface area contributed by atoms with Gasteiger partial charge in [0.25, 0.3) is 0 Å². The molecule has 84 valence electrons. The summed E-state index contributed by atoms with van der Waals surface area (Å²) in [6.45, 7) is 6.53. The summed E-state index contributed by atoms with van der Waals surface area (Å²) in [5, 5.41) is 0.378. The summed E-state index contributed by atoms with van der Waals surface area (Å²) in [6, 6.07) is 0. The number of methoxy groups -OCH3 is 1. The normalized spacial score (nSPS) is 12.9. The Morgan fingerprint density at radius 3 is 2.36 bits per heavy atom. The van der Waals surface area contributed by atoms with Gasteiger partial charge in [-0.05, 0) is 11.7 Å². The van der Waals surface area contributed by atoms with Gasteiger partial charge < -0.3 is 4.74 Å². The summed E-state index contributed by atoms with van der Waals surface area (Å²) >= 11 is 1.88. The van der Waals surface area contributed by atoms with E-state index in [0.29, 0.717) is 11.7 Å². The van der Waals surface area contributed by atoms with E-state index in [9.17, 15) is 4.79 Å². The van der Waals surface area contributed by atoms with Gasteiger partial charge in [0.05, 0.1) is 13.5 Å². The highest BCUT2D eigenvalue weighted by Gasteiger charge is 2.11. The van der Waals surface area contributed by atoms with Crippen molar-refractivity contribution >= 4 is 17.7 Å². The van der Waals surface area contributed by atoms with Crippen LogP contribution in [0.1, 0.15) is 40.0 Å². The van der Waals surface area contributed by atoms with Crippen molar-refractivity contribution in [1.82, 2.24) is 0 Å². The number of carbonyl (C=O) groups is 1. The molecule has 0 radical (unpaired) electrons. The molecule has 0 amide bonds. The zero-order valence-electron chi connectivity index (χ0n) is 9.71. The lowest BCUT2D eigenvalue weighted by molar-refractivity contribution is -0.140. The minimum Gasteiger partial charge on any atom is -0.469 e. The molecule has 1 unspecified atom stereocenters. The van der Waals surface area contributed by atoms with Crippen molar-refractivity contribution in [2.24, 2.45) is 5.92 Å². The molecule has 0 rings (SSSR count). The monoisotopic (exact) mass is 218 g/mol. The van der Waals surface area contributed by atoms with Gasteiger partial charge in [-0.3, -0.25) is 4.79 Å². The van der Waals surface area contributed by atoms with E-state index in [2.05, 4.69) is 25.5 Å². The second kappa shape index (κ2) is 8.16. The number of rotatable bonds is 7. The van der Waals surface area contributed by atoms with Crippen LogP contribution in [-0.2, 0) is 9.53 Å². The molecule has 0 N–H and O–H groups in total. The molecule has 0 heterocycles. The summed E-state index contributed by atoms with van der Waals surface area (Å²) in [5.41, 5.74) is 0. The fourth-order valence-corrected chi connectivity index (χ4v) is 2.53. The standard InChI is InChI=1S/C11H22O2S/c1-5-10(6-2)8-14-9(3)7-11(12)13-4/h9-10H,5-8H2,1-4H3. The second-order valence-corrected chi connectivity index (χ2v) is 5.08. The average molecular weight is 218 g/mol. The fraction of sp³-hybridized carbons (Fsp3) is 0.909. The molecule has 0 aliphatic carbocycles. The maximum atomic E-state index is 11.0. The molecule has 0 spiro atoms. The molecule has 3 heteroatoms. The Kier molecular flexibility index (Phi) is 8.05. The van der Waals surface area contributed by atoms with E-state index in [1.165, 1.54) is 20.0 Å². The van der Waals surface area contributed by atoms with Gasteiger partial charge >= 0.3 is 5.97 Å². The highest BCUT2D eigenvalue weighted by molar-refractivity contribution is 7.99. The van der Waals surface area contributed by atoms with Crippen molar-refractivity contribution in [3.63, 3.8) is 0 Å². The van der Waals surface area contributed by atoms with Gasteiger partial charge in [-0.15, -0.1) is 0 Å². The maximum Gasteiger partial charge on any atom is 0.306 e. The van der Waals surface area contributed by atoms with Gasteiger partial charge in [-0.2, -0.15) is 11.8 Å². The van der Waals surface area contributed by atoms with Crippen LogP contribution in [0.15, 0.2) is 0 Å². The molecule has 1 atom stereocenters. The highest BCUT2D eigenvalue weighted by atomic mass is 32.2. The van der Waals surface area contributed by atoms with E-state index in [-0.39, 0.29) is 5.97 Å². The molecule has 0 fully saturated rings. The van der Waals surface area contributed by atoms with Crippen LogP contribution in [0.25, 0.3) is 0 Å². The number of carbonyl (C=O) groups excluding carboxylic acids is 1. The van der Waals surface area contributed by atoms with E-state index in [4.69, 9.17) is 0 Å². The molecule has 0 aliphatic heterocycles. The first-order valence-electron chi connectivity index (χ1n) is 5.32. The lowest BCUT2D eigenvalue weighted by Crippen LogP contribution is -2.11. The third-order valence-electron chi connectivity index (χ3n) is 2.45. The van der Waals surface area contributed by atoms with Gasteiger partial charge in [0, 0.05) is 5.25 Å². The molecule has 2 nitrogen and oxygen atoms in total. The lowest BCUT2D eigenvalue weighted by atomic mass is 10.1. The van der Waals surface area contributed by atoms with Gasteiger partial charge in [0.15, 0.2) is 0 Å². The third-order valence-corrected chi connectivity index (χ3v) is 3.85. The topological polar surface area (TPSA) is 26.3 Å². The van der Waals surface area contributed by atoms with Crippen LogP contribution >= 0.6 is 11.8 Å². The number of esters is 1. The summed E-state index contributed by atoms with van der Waals surface area (Å²) in [6.07, 6.45) is 2.99. The molecule has 0 aromatic rings. The molecule has 0 aliphatic rings. The lowest BCUT2D eigenvalue weighted by Gasteiger charge is -2.15. The SMILES string of the molecule is CCC(CC)CSC(C)CC(=O)OC. The number of ether oxygens (including phenoxy) is 1. The first kappa shape index (κ1) is 13.8. The van der Waals surface area contributed by atoms with Crippen LogP contribution in [0, 0.1) is 5.92 Å². The Morgan fingerprint density at radius 2 is 1.93 bits per heavy atom. The van der Waals surface area contributed by atoms with Gasteiger partial charge in [-0.25, -0.2) is 0 Å². The van der Waals surface area contributed by atoms with Crippen molar-refractivity contribution < 1.29 is 9.53 Å². The molecule has 0 bridgehead atoms. The smallest absolute Gasteiger partial charge is 0.306 e. The van der Waals surface area contributed by atoms with Crippen molar-refractivity contribution in [2.75, 3.05) is 12.9 Å². The van der Waals surface area contributed by atoms with Gasteiger partial charge in [-0.1, -0.05) is 33.6 Å². The predicted molar refractivity (Wildman–Crippen MR) is 62.6 cm³/mol. The molecule has 0 aromatic heterocycles. The summed E-state index contributed by atoms with van der Waals surface area (Å²) < 4.78 is 4.63. The molecular weight excluding hydrogens is 196 g/mol. The van der Waals surface area contributed by atoms with Crippen LogP contribution in [0.2, 0.25) is 0 Å². The average Bonchev–Trinajstić information content (AvgIpc) is 2.19. The zero-order chi connectivity index (χ0) is 11.0. The van der Waals surface area contributed by atoms with Crippen molar-refractivity contribution in [1.29, 1.82) is 0 Å². The van der Waals surface area contributed by atoms with E-state index in [1.54, 1.807) is 0 Å². The Labute approximate surface area is 91.8 Å². The second-order valence-electron chi connectivity index (χ2n) is 3.61. The van der Waals surface area contributed by atoms with E-state index >= 15 is 0 Å². The first-order chi connectivity index (χ1) is 6.63. The van der Waals surface area contributed by atoms with Crippen LogP contribution in [0.4, 0.5) is 0 Å². The Morgan fingerprint density at radius 1 is 1.36 bits per heavy atom. The molecular formula is C11H22O2S. The molecule has 0 aromatic carbocycles. The molecule has 0 saturated carbocycles. The number of thioether (sulfide) groups is 1. The number of hydrogen-bond acceptors (Lipinski definition) is 3. The minimum atomic E-state index is -0.102. The van der Waals surface area contributed by atoms with E-state index < -0.39 is 0 Å². The van der Waals surface area contributed by atoms with Crippen LogP contribution in [0.3, 0.4) is 0 Å². The summed E-state index contributed by atoms with van der Waals surface area (Å²) in [5.74, 6) is 1.85. The Balaban J connectivity index is 3.61. The van der Waals surface area contributed by atoms with Crippen molar-refractivity contribution in [3.8, 4) is 0 Å². The van der Waals surface area contributed by atoms with Crippen LogP contribution in [0.5, 0.6) is 0 Å². The first-order valence-corrected chi connectivity index (χ1v) is 6.37. The number of hydrogen-bond donors (Lipinski definition) is 0. The third kappa shape index (κ3) is 6.30. The molecule has 0 saturated heterocycles. The van der Waals surface area contributed by atoms with E-state index in [1.807, 2.05) is 11.8 Å². The largest absolute Gasteiger partial charge is 0.469 e. The van der Waals surface area contributed by atoms with Crippen molar-refractivity contribution in [3.05, 3.63) is 0 Å². The van der Waals surface area contributed by atoms with E-state index in [0.717, 1.165) is 11.7 Å². The molecule has 14 heavy (non-hydrogen) atoms. The quantitative estimate of drug-likeness (QED) is 0.614. The predicted octanol–water partition coefficient (Wildman–Crippen LogP) is 3.11. The van der Waals surface area contributed by atoms with Crippen LogP contribution < -0.4 is 0 Å². The van der Waals surface area contributed by atoms with Gasteiger partial charge in [0.2, 0.25) is 0 Å². The van der Waals surface area contributed by atoms with Crippen molar-refractivity contribution in [2.45, 2.75) is 45.3 Å². The van der Waals surface area contributed by atoms with Gasteiger partial charge in [0.1, 0.15) is 0 Å². The fourth-order valence-electron chi connectivity index (χ4n) is 1.20. The zero-order valence-corrected chi connectivity index (χ0v) is 10.5. The highest BCUT2D eigenvalue weighted by Crippen LogP contribution is 2.21.